The predicted molar refractivity (Wildman–Crippen MR) is 52.3 cm³/mol. The first-order valence-electron chi connectivity index (χ1n) is 5.00. The maximum Gasteiger partial charge on any atom is 0.132 e. The molecule has 3 heterocycles. The highest BCUT2D eigenvalue weighted by molar-refractivity contribution is 5.42. The summed E-state index contributed by atoms with van der Waals surface area (Å²) in [7, 11) is 0. The van der Waals surface area contributed by atoms with E-state index >= 15 is 0 Å². The van der Waals surface area contributed by atoms with Crippen LogP contribution in [0.3, 0.4) is 0 Å². The number of ether oxygens (including phenoxy) is 1. The van der Waals surface area contributed by atoms with Gasteiger partial charge in [0.15, 0.2) is 0 Å². The first kappa shape index (κ1) is 8.17. The molecular formula is C10H13N3O. The second kappa shape index (κ2) is 2.92. The molecular weight excluding hydrogens is 178 g/mol. The predicted octanol–water partition coefficient (Wildman–Crippen LogP) is 0.763. The summed E-state index contributed by atoms with van der Waals surface area (Å²) in [4.78, 5) is 10.7. The van der Waals surface area contributed by atoms with Gasteiger partial charge in [-0.1, -0.05) is 0 Å². The van der Waals surface area contributed by atoms with Crippen molar-refractivity contribution < 1.29 is 4.74 Å². The van der Waals surface area contributed by atoms with Crippen LogP contribution < -0.4 is 4.90 Å². The summed E-state index contributed by atoms with van der Waals surface area (Å²) >= 11 is 0. The molecule has 2 unspecified atom stereocenters. The minimum absolute atomic E-state index is 0.426. The van der Waals surface area contributed by atoms with Crippen molar-refractivity contribution in [1.82, 2.24) is 9.97 Å². The number of aryl methyl sites for hydroxylation is 1. The van der Waals surface area contributed by atoms with E-state index in [1.807, 2.05) is 13.0 Å². The molecule has 2 aliphatic heterocycles. The van der Waals surface area contributed by atoms with Gasteiger partial charge < -0.3 is 9.64 Å². The number of fused-ring (bicyclic) bond motifs is 2. The van der Waals surface area contributed by atoms with E-state index in [2.05, 4.69) is 14.9 Å². The molecule has 0 spiro atoms. The molecule has 2 fully saturated rings. The van der Waals surface area contributed by atoms with Crippen molar-refractivity contribution in [1.29, 1.82) is 0 Å². The molecule has 2 bridgehead atoms. The van der Waals surface area contributed by atoms with Crippen LogP contribution >= 0.6 is 0 Å². The van der Waals surface area contributed by atoms with Crippen molar-refractivity contribution in [3.63, 3.8) is 0 Å². The SMILES string of the molecule is Cc1cc(N2CC3CC2CO3)ncn1. The fourth-order valence-corrected chi connectivity index (χ4v) is 2.28. The Hall–Kier alpha value is -1.16. The van der Waals surface area contributed by atoms with Crippen LogP contribution in [-0.4, -0.2) is 35.3 Å². The van der Waals surface area contributed by atoms with Gasteiger partial charge >= 0.3 is 0 Å². The molecule has 4 heteroatoms. The van der Waals surface area contributed by atoms with Crippen LogP contribution in [0.2, 0.25) is 0 Å². The standard InChI is InChI=1S/C10H13N3O/c1-7-2-10(12-6-11-7)13-4-9-3-8(13)5-14-9/h2,6,8-9H,3-5H2,1H3. The molecule has 3 rings (SSSR count). The summed E-state index contributed by atoms with van der Waals surface area (Å²) in [6.07, 6.45) is 3.22. The van der Waals surface area contributed by atoms with Gasteiger partial charge in [-0.15, -0.1) is 0 Å². The minimum Gasteiger partial charge on any atom is -0.374 e. The van der Waals surface area contributed by atoms with Gasteiger partial charge in [0, 0.05) is 18.3 Å². The van der Waals surface area contributed by atoms with Gasteiger partial charge in [0.05, 0.1) is 18.8 Å². The molecule has 0 aromatic carbocycles. The zero-order chi connectivity index (χ0) is 9.54. The van der Waals surface area contributed by atoms with E-state index in [9.17, 15) is 0 Å². The number of morpholine rings is 1. The summed E-state index contributed by atoms with van der Waals surface area (Å²) in [5.41, 5.74) is 1.03. The van der Waals surface area contributed by atoms with Gasteiger partial charge in [-0.05, 0) is 13.3 Å². The zero-order valence-electron chi connectivity index (χ0n) is 8.18. The Morgan fingerprint density at radius 3 is 3.07 bits per heavy atom. The fraction of sp³-hybridized carbons (Fsp3) is 0.600. The maximum atomic E-state index is 5.55. The molecule has 14 heavy (non-hydrogen) atoms. The first-order chi connectivity index (χ1) is 6.83. The molecule has 1 aromatic rings. The van der Waals surface area contributed by atoms with Crippen molar-refractivity contribution >= 4 is 5.82 Å². The summed E-state index contributed by atoms with van der Waals surface area (Å²) in [6, 6.07) is 2.58. The van der Waals surface area contributed by atoms with Crippen LogP contribution in [0.15, 0.2) is 12.4 Å². The number of hydrogen-bond acceptors (Lipinski definition) is 4. The molecule has 0 saturated carbocycles. The van der Waals surface area contributed by atoms with Crippen molar-refractivity contribution in [3.05, 3.63) is 18.1 Å². The number of rotatable bonds is 1. The van der Waals surface area contributed by atoms with Crippen molar-refractivity contribution in [2.45, 2.75) is 25.5 Å². The number of aromatic nitrogens is 2. The molecule has 2 atom stereocenters. The monoisotopic (exact) mass is 191 g/mol. The quantitative estimate of drug-likeness (QED) is 0.657. The highest BCUT2D eigenvalue weighted by Crippen LogP contribution is 2.31. The van der Waals surface area contributed by atoms with E-state index < -0.39 is 0 Å². The van der Waals surface area contributed by atoms with E-state index in [1.165, 1.54) is 0 Å². The van der Waals surface area contributed by atoms with E-state index in [4.69, 9.17) is 4.74 Å². The van der Waals surface area contributed by atoms with Crippen molar-refractivity contribution in [3.8, 4) is 0 Å². The second-order valence-electron chi connectivity index (χ2n) is 4.01. The summed E-state index contributed by atoms with van der Waals surface area (Å²) < 4.78 is 5.55. The minimum atomic E-state index is 0.426. The Bertz CT molecular complexity index is 355. The average Bonchev–Trinajstić information content (AvgIpc) is 2.78. The largest absolute Gasteiger partial charge is 0.374 e. The highest BCUT2D eigenvalue weighted by atomic mass is 16.5. The molecule has 0 N–H and O–H groups in total. The third-order valence-corrected chi connectivity index (χ3v) is 2.98. The normalized spacial score (nSPS) is 29.9. The van der Waals surface area contributed by atoms with Gasteiger partial charge in [-0.2, -0.15) is 0 Å². The Morgan fingerprint density at radius 2 is 2.43 bits per heavy atom. The van der Waals surface area contributed by atoms with E-state index in [-0.39, 0.29) is 0 Å². The number of hydrogen-bond donors (Lipinski definition) is 0. The summed E-state index contributed by atoms with van der Waals surface area (Å²) in [5, 5.41) is 0. The Balaban J connectivity index is 1.89. The van der Waals surface area contributed by atoms with Crippen LogP contribution in [0.1, 0.15) is 12.1 Å². The summed E-state index contributed by atoms with van der Waals surface area (Å²) in [6.45, 7) is 3.84. The van der Waals surface area contributed by atoms with Crippen molar-refractivity contribution in [2.24, 2.45) is 0 Å². The van der Waals surface area contributed by atoms with Crippen LogP contribution in [-0.2, 0) is 4.74 Å². The van der Waals surface area contributed by atoms with Gasteiger partial charge in [0.1, 0.15) is 12.1 Å². The lowest BCUT2D eigenvalue weighted by molar-refractivity contribution is 0.0989. The average molecular weight is 191 g/mol. The lowest BCUT2D eigenvalue weighted by Gasteiger charge is -2.27. The Labute approximate surface area is 82.9 Å². The van der Waals surface area contributed by atoms with E-state index in [1.54, 1.807) is 6.33 Å². The number of anilines is 1. The Kier molecular flexibility index (Phi) is 1.70. The molecule has 2 aliphatic rings. The van der Waals surface area contributed by atoms with Crippen LogP contribution in [0.5, 0.6) is 0 Å². The van der Waals surface area contributed by atoms with Gasteiger partial charge in [-0.3, -0.25) is 0 Å². The number of nitrogens with zero attached hydrogens (tertiary/aromatic N) is 3. The third kappa shape index (κ3) is 1.18. The van der Waals surface area contributed by atoms with Gasteiger partial charge in [-0.25, -0.2) is 9.97 Å². The van der Waals surface area contributed by atoms with Crippen LogP contribution in [0, 0.1) is 6.92 Å². The van der Waals surface area contributed by atoms with Crippen LogP contribution in [0.4, 0.5) is 5.82 Å². The highest BCUT2D eigenvalue weighted by Gasteiger charge is 2.39. The Morgan fingerprint density at radius 1 is 1.50 bits per heavy atom. The first-order valence-corrected chi connectivity index (χ1v) is 5.00. The molecule has 1 aromatic heterocycles. The lowest BCUT2D eigenvalue weighted by Crippen LogP contribution is -2.37. The molecule has 0 radical (unpaired) electrons. The smallest absolute Gasteiger partial charge is 0.132 e. The van der Waals surface area contributed by atoms with Gasteiger partial charge in [0.2, 0.25) is 0 Å². The summed E-state index contributed by atoms with van der Waals surface area (Å²) in [5.74, 6) is 1.05. The lowest BCUT2D eigenvalue weighted by atomic mass is 10.2. The third-order valence-electron chi connectivity index (χ3n) is 2.98. The van der Waals surface area contributed by atoms with E-state index in [0.29, 0.717) is 12.1 Å². The fourth-order valence-electron chi connectivity index (χ4n) is 2.28. The molecule has 4 nitrogen and oxygen atoms in total. The molecule has 74 valence electrons. The maximum absolute atomic E-state index is 5.55. The van der Waals surface area contributed by atoms with E-state index in [0.717, 1.165) is 31.1 Å². The zero-order valence-corrected chi connectivity index (χ0v) is 8.18. The topological polar surface area (TPSA) is 38.2 Å². The molecule has 2 saturated heterocycles. The van der Waals surface area contributed by atoms with Crippen molar-refractivity contribution in [2.75, 3.05) is 18.1 Å². The molecule has 0 amide bonds. The second-order valence-corrected chi connectivity index (χ2v) is 4.01. The van der Waals surface area contributed by atoms with Gasteiger partial charge in [0.25, 0.3) is 0 Å². The van der Waals surface area contributed by atoms with Crippen LogP contribution in [0.25, 0.3) is 0 Å². The molecule has 0 aliphatic carbocycles.